The Morgan fingerprint density at radius 3 is 2.37 bits per heavy atom. The summed E-state index contributed by atoms with van der Waals surface area (Å²) in [7, 11) is 0. The highest BCUT2D eigenvalue weighted by molar-refractivity contribution is 6.31. The van der Waals surface area contributed by atoms with Crippen LogP contribution in [0.25, 0.3) is 0 Å². The van der Waals surface area contributed by atoms with E-state index in [2.05, 4.69) is 53.4 Å². The lowest BCUT2D eigenvalue weighted by molar-refractivity contribution is 0.177. The van der Waals surface area contributed by atoms with Crippen molar-refractivity contribution in [2.24, 2.45) is 11.8 Å². The summed E-state index contributed by atoms with van der Waals surface area (Å²) in [6.07, 6.45) is 12.1. The molecule has 1 nitrogen and oxygen atoms in total. The topological polar surface area (TPSA) is 3.24 Å². The van der Waals surface area contributed by atoms with E-state index in [4.69, 9.17) is 11.6 Å². The second-order valence-electron chi connectivity index (χ2n) is 10.2. The van der Waals surface area contributed by atoms with Crippen LogP contribution in [-0.2, 0) is 6.42 Å². The van der Waals surface area contributed by atoms with E-state index in [1.165, 1.54) is 94.1 Å². The molecule has 1 heterocycles. The largest absolute Gasteiger partial charge is 0.303 e. The summed E-state index contributed by atoms with van der Waals surface area (Å²) in [5.74, 6) is 3.15. The molecule has 3 aliphatic rings. The molecule has 3 fully saturated rings. The molecule has 2 unspecified atom stereocenters. The third kappa shape index (κ3) is 4.94. The van der Waals surface area contributed by atoms with Crippen LogP contribution in [-0.4, -0.2) is 24.5 Å². The number of rotatable bonds is 6. The molecule has 2 aromatic carbocycles. The Balaban J connectivity index is 1.10. The number of likely N-dealkylation sites (tertiary alicyclic amines) is 1. The SMILES string of the molecule is Clc1cc(C2CC2CN2CCC(Cc3ccccc3)CC2)ccc1C1CCCCC1. The van der Waals surface area contributed by atoms with E-state index < -0.39 is 0 Å². The molecule has 5 rings (SSSR count). The Morgan fingerprint density at radius 1 is 0.867 bits per heavy atom. The summed E-state index contributed by atoms with van der Waals surface area (Å²) in [6, 6.07) is 18.1. The van der Waals surface area contributed by atoms with Crippen LogP contribution >= 0.6 is 11.6 Å². The fourth-order valence-corrected chi connectivity index (χ4v) is 6.37. The van der Waals surface area contributed by atoms with Crippen LogP contribution in [0.15, 0.2) is 48.5 Å². The monoisotopic (exact) mass is 421 g/mol. The van der Waals surface area contributed by atoms with E-state index >= 15 is 0 Å². The van der Waals surface area contributed by atoms with Crippen LogP contribution < -0.4 is 0 Å². The van der Waals surface area contributed by atoms with Crippen LogP contribution in [0.4, 0.5) is 0 Å². The van der Waals surface area contributed by atoms with E-state index in [9.17, 15) is 0 Å². The lowest BCUT2D eigenvalue weighted by Gasteiger charge is -2.32. The van der Waals surface area contributed by atoms with Gasteiger partial charge in [0, 0.05) is 11.6 Å². The molecular weight excluding hydrogens is 386 g/mol. The Morgan fingerprint density at radius 2 is 1.63 bits per heavy atom. The summed E-state index contributed by atoms with van der Waals surface area (Å²) in [5.41, 5.74) is 4.41. The van der Waals surface area contributed by atoms with E-state index in [1.807, 2.05) is 0 Å². The average molecular weight is 422 g/mol. The summed E-state index contributed by atoms with van der Waals surface area (Å²) in [4.78, 5) is 2.73. The van der Waals surface area contributed by atoms with E-state index in [0.29, 0.717) is 5.92 Å². The average Bonchev–Trinajstić information content (AvgIpc) is 3.55. The lowest BCUT2D eigenvalue weighted by Crippen LogP contribution is -2.35. The molecule has 2 aromatic rings. The third-order valence-electron chi connectivity index (χ3n) is 7.99. The van der Waals surface area contributed by atoms with Crippen LogP contribution in [0, 0.1) is 11.8 Å². The molecule has 2 saturated carbocycles. The molecule has 1 aliphatic heterocycles. The fraction of sp³-hybridized carbons (Fsp3) is 0.571. The lowest BCUT2D eigenvalue weighted by atomic mass is 9.83. The number of hydrogen-bond donors (Lipinski definition) is 0. The predicted molar refractivity (Wildman–Crippen MR) is 127 cm³/mol. The normalized spacial score (nSPS) is 26.0. The van der Waals surface area contributed by atoms with Crippen molar-refractivity contribution in [3.05, 3.63) is 70.2 Å². The van der Waals surface area contributed by atoms with Gasteiger partial charge in [0.2, 0.25) is 0 Å². The van der Waals surface area contributed by atoms with Gasteiger partial charge < -0.3 is 4.90 Å². The summed E-state index contributed by atoms with van der Waals surface area (Å²) < 4.78 is 0. The number of nitrogens with zero attached hydrogens (tertiary/aromatic N) is 1. The molecule has 0 amide bonds. The molecule has 160 valence electrons. The zero-order chi connectivity index (χ0) is 20.3. The molecule has 1 saturated heterocycles. The predicted octanol–water partition coefficient (Wildman–Crippen LogP) is 7.45. The molecule has 0 bridgehead atoms. The van der Waals surface area contributed by atoms with Gasteiger partial charge in [-0.3, -0.25) is 0 Å². The molecule has 2 heteroatoms. The van der Waals surface area contributed by atoms with Crippen molar-refractivity contribution in [1.82, 2.24) is 4.90 Å². The minimum absolute atomic E-state index is 0.701. The van der Waals surface area contributed by atoms with Gasteiger partial charge in [0.05, 0.1) is 0 Å². The van der Waals surface area contributed by atoms with Gasteiger partial charge in [0.1, 0.15) is 0 Å². The summed E-state index contributed by atoms with van der Waals surface area (Å²) in [5, 5.41) is 1.03. The Bertz CT molecular complexity index is 818. The highest BCUT2D eigenvalue weighted by Crippen LogP contribution is 2.49. The van der Waals surface area contributed by atoms with E-state index in [1.54, 1.807) is 0 Å². The quantitative estimate of drug-likeness (QED) is 0.468. The number of benzene rings is 2. The zero-order valence-corrected chi connectivity index (χ0v) is 19.0. The van der Waals surface area contributed by atoms with Crippen molar-refractivity contribution < 1.29 is 0 Å². The molecule has 30 heavy (non-hydrogen) atoms. The van der Waals surface area contributed by atoms with Gasteiger partial charge >= 0.3 is 0 Å². The van der Waals surface area contributed by atoms with Crippen molar-refractivity contribution in [2.75, 3.05) is 19.6 Å². The van der Waals surface area contributed by atoms with Crippen molar-refractivity contribution in [3.63, 3.8) is 0 Å². The van der Waals surface area contributed by atoms with Crippen LogP contribution in [0.5, 0.6) is 0 Å². The Hall–Kier alpha value is -1.31. The molecule has 2 atom stereocenters. The summed E-state index contributed by atoms with van der Waals surface area (Å²) >= 11 is 6.75. The molecule has 0 radical (unpaired) electrons. The molecule has 0 N–H and O–H groups in total. The second-order valence-corrected chi connectivity index (χ2v) is 10.6. The Labute approximate surface area is 187 Å². The zero-order valence-electron chi connectivity index (χ0n) is 18.2. The second kappa shape index (κ2) is 9.45. The first kappa shape index (κ1) is 20.6. The maximum absolute atomic E-state index is 6.75. The van der Waals surface area contributed by atoms with E-state index in [-0.39, 0.29) is 0 Å². The number of piperidine rings is 1. The first-order chi connectivity index (χ1) is 14.8. The highest BCUT2D eigenvalue weighted by atomic mass is 35.5. The van der Waals surface area contributed by atoms with Gasteiger partial charge in [0.25, 0.3) is 0 Å². The maximum Gasteiger partial charge on any atom is 0.0443 e. The van der Waals surface area contributed by atoms with Gasteiger partial charge in [-0.05, 0) is 98.0 Å². The summed E-state index contributed by atoms with van der Waals surface area (Å²) in [6.45, 7) is 3.84. The smallest absolute Gasteiger partial charge is 0.0443 e. The Kier molecular flexibility index (Phi) is 6.48. The van der Waals surface area contributed by atoms with E-state index in [0.717, 1.165) is 22.8 Å². The molecular formula is C28H36ClN. The number of halogens is 1. The first-order valence-electron chi connectivity index (χ1n) is 12.3. The van der Waals surface area contributed by atoms with Crippen LogP contribution in [0.3, 0.4) is 0 Å². The molecule has 0 spiro atoms. The molecule has 0 aromatic heterocycles. The van der Waals surface area contributed by atoms with Crippen molar-refractivity contribution in [2.45, 2.75) is 69.6 Å². The van der Waals surface area contributed by atoms with Crippen molar-refractivity contribution >= 4 is 11.6 Å². The van der Waals surface area contributed by atoms with Crippen LogP contribution in [0.2, 0.25) is 5.02 Å². The third-order valence-corrected chi connectivity index (χ3v) is 8.31. The highest BCUT2D eigenvalue weighted by Gasteiger charge is 2.40. The van der Waals surface area contributed by atoms with Gasteiger partial charge in [0.15, 0.2) is 0 Å². The minimum atomic E-state index is 0.701. The minimum Gasteiger partial charge on any atom is -0.303 e. The maximum atomic E-state index is 6.75. The van der Waals surface area contributed by atoms with Crippen molar-refractivity contribution in [3.8, 4) is 0 Å². The van der Waals surface area contributed by atoms with Crippen LogP contribution in [0.1, 0.15) is 79.9 Å². The van der Waals surface area contributed by atoms with Crippen molar-refractivity contribution in [1.29, 1.82) is 0 Å². The van der Waals surface area contributed by atoms with Gasteiger partial charge in [-0.25, -0.2) is 0 Å². The fourth-order valence-electron chi connectivity index (χ4n) is 6.03. The standard InChI is InChI=1S/C28H36ClN/c29-28-19-24(11-12-26(28)23-9-5-2-6-10-23)27-18-25(27)20-30-15-13-22(14-16-30)17-21-7-3-1-4-8-21/h1,3-4,7-8,11-12,19,22-23,25,27H,2,5-6,9-10,13-18,20H2. The molecule has 2 aliphatic carbocycles. The van der Waals surface area contributed by atoms with Gasteiger partial charge in [-0.2, -0.15) is 0 Å². The number of hydrogen-bond acceptors (Lipinski definition) is 1. The first-order valence-corrected chi connectivity index (χ1v) is 12.7. The van der Waals surface area contributed by atoms with Gasteiger partial charge in [-0.15, -0.1) is 0 Å². The van der Waals surface area contributed by atoms with Gasteiger partial charge in [-0.1, -0.05) is 73.3 Å².